The summed E-state index contributed by atoms with van der Waals surface area (Å²) in [6, 6.07) is 2.70. The lowest BCUT2D eigenvalue weighted by Crippen LogP contribution is -2.30. The maximum absolute atomic E-state index is 3.58. The Balaban J connectivity index is 2.43. The van der Waals surface area contributed by atoms with Gasteiger partial charge in [0.15, 0.2) is 0 Å². The summed E-state index contributed by atoms with van der Waals surface area (Å²) in [5.41, 5.74) is 0. The van der Waals surface area contributed by atoms with E-state index in [0.29, 0.717) is 11.3 Å². The van der Waals surface area contributed by atoms with E-state index in [4.69, 9.17) is 0 Å². The minimum atomic E-state index is 0.576. The number of thiophene rings is 1. The third-order valence-electron chi connectivity index (χ3n) is 2.16. The fourth-order valence-electron chi connectivity index (χ4n) is 1.25. The molecule has 0 aliphatic heterocycles. The van der Waals surface area contributed by atoms with Crippen molar-refractivity contribution in [1.29, 1.82) is 0 Å². The van der Waals surface area contributed by atoms with Gasteiger partial charge in [-0.2, -0.15) is 11.8 Å². The van der Waals surface area contributed by atoms with Crippen molar-refractivity contribution in [2.75, 3.05) is 12.8 Å². The molecule has 0 aromatic carbocycles. The third kappa shape index (κ3) is 4.89. The van der Waals surface area contributed by atoms with Gasteiger partial charge in [0.25, 0.3) is 0 Å². The van der Waals surface area contributed by atoms with E-state index in [1.165, 1.54) is 15.1 Å². The zero-order chi connectivity index (χ0) is 11.3. The van der Waals surface area contributed by atoms with E-state index >= 15 is 0 Å². The lowest BCUT2D eigenvalue weighted by Gasteiger charge is -2.16. The average Bonchev–Trinajstić information content (AvgIpc) is 2.58. The summed E-state index contributed by atoms with van der Waals surface area (Å²) in [6.45, 7) is 4.50. The number of halogens is 1. The van der Waals surface area contributed by atoms with Gasteiger partial charge in [-0.25, -0.2) is 0 Å². The van der Waals surface area contributed by atoms with Gasteiger partial charge >= 0.3 is 0 Å². The van der Waals surface area contributed by atoms with Crippen LogP contribution in [-0.2, 0) is 6.42 Å². The summed E-state index contributed by atoms with van der Waals surface area (Å²) in [5, 5.41) is 6.24. The fraction of sp³-hybridized carbons (Fsp3) is 0.636. The van der Waals surface area contributed by atoms with Crippen LogP contribution in [0, 0.1) is 0 Å². The van der Waals surface area contributed by atoms with Gasteiger partial charge in [-0.3, -0.25) is 0 Å². The first-order valence-corrected chi connectivity index (χ1v) is 7.86. The predicted molar refractivity (Wildman–Crippen MR) is 76.2 cm³/mol. The zero-order valence-corrected chi connectivity index (χ0v) is 12.6. The molecule has 1 aromatic rings. The molecule has 1 nitrogen and oxygen atoms in total. The molecule has 1 aromatic heterocycles. The Hall–Kier alpha value is 0.490. The van der Waals surface area contributed by atoms with E-state index in [9.17, 15) is 0 Å². The molecule has 0 amide bonds. The number of hydrogen-bond acceptors (Lipinski definition) is 3. The summed E-state index contributed by atoms with van der Waals surface area (Å²) in [4.78, 5) is 1.44. The molecule has 86 valence electrons. The molecule has 1 heterocycles. The maximum atomic E-state index is 3.58. The van der Waals surface area contributed by atoms with E-state index in [-0.39, 0.29) is 0 Å². The van der Waals surface area contributed by atoms with Crippen molar-refractivity contribution in [3.8, 4) is 0 Å². The van der Waals surface area contributed by atoms with Crippen LogP contribution < -0.4 is 5.32 Å². The second-order valence-corrected chi connectivity index (χ2v) is 7.23. The standard InChI is InChI=1S/C11H18BrNS2/c1-8(2)15-7-9(13-3)6-11-10(12)4-5-14-11/h4-5,8-9,13H,6-7H2,1-3H3. The molecule has 0 aliphatic rings. The SMILES string of the molecule is CNC(CSC(C)C)Cc1sccc1Br. The molecule has 15 heavy (non-hydrogen) atoms. The molecule has 0 aliphatic carbocycles. The molecule has 0 fully saturated rings. The lowest BCUT2D eigenvalue weighted by atomic mass is 10.2. The highest BCUT2D eigenvalue weighted by molar-refractivity contribution is 9.10. The van der Waals surface area contributed by atoms with E-state index in [0.717, 1.165) is 6.42 Å². The second-order valence-electron chi connectivity index (χ2n) is 3.76. The van der Waals surface area contributed by atoms with Crippen LogP contribution in [0.15, 0.2) is 15.9 Å². The molecule has 0 saturated heterocycles. The Morgan fingerprint density at radius 3 is 2.73 bits per heavy atom. The van der Waals surface area contributed by atoms with Gasteiger partial charge in [0, 0.05) is 21.1 Å². The molecule has 1 N–H and O–H groups in total. The van der Waals surface area contributed by atoms with Crippen molar-refractivity contribution in [2.24, 2.45) is 0 Å². The molecule has 0 radical (unpaired) electrons. The second kappa shape index (κ2) is 6.94. The van der Waals surface area contributed by atoms with Gasteiger partial charge in [0.1, 0.15) is 0 Å². The summed E-state index contributed by atoms with van der Waals surface area (Å²) in [7, 11) is 2.05. The Labute approximate surface area is 109 Å². The van der Waals surface area contributed by atoms with Crippen LogP contribution in [0.1, 0.15) is 18.7 Å². The molecule has 1 rings (SSSR count). The quantitative estimate of drug-likeness (QED) is 0.858. The van der Waals surface area contributed by atoms with E-state index in [2.05, 4.69) is 46.5 Å². The monoisotopic (exact) mass is 307 g/mol. The van der Waals surface area contributed by atoms with E-state index < -0.39 is 0 Å². The van der Waals surface area contributed by atoms with Crippen molar-refractivity contribution >= 4 is 39.0 Å². The fourth-order valence-corrected chi connectivity index (χ4v) is 3.74. The van der Waals surface area contributed by atoms with Gasteiger partial charge < -0.3 is 5.32 Å². The third-order valence-corrected chi connectivity index (χ3v) is 5.37. The summed E-state index contributed by atoms with van der Waals surface area (Å²) in [6.07, 6.45) is 1.12. The topological polar surface area (TPSA) is 12.0 Å². The molecule has 4 heteroatoms. The number of hydrogen-bond donors (Lipinski definition) is 1. The molecular formula is C11H18BrNS2. The number of likely N-dealkylation sites (N-methyl/N-ethyl adjacent to an activating group) is 1. The predicted octanol–water partition coefficient (Wildman–Crippen LogP) is 3.78. The van der Waals surface area contributed by atoms with Crippen molar-refractivity contribution in [2.45, 2.75) is 31.6 Å². The Kier molecular flexibility index (Phi) is 6.27. The number of nitrogens with one attached hydrogen (secondary N) is 1. The summed E-state index contributed by atoms with van der Waals surface area (Å²) < 4.78 is 1.25. The van der Waals surface area contributed by atoms with Crippen LogP contribution in [-0.4, -0.2) is 24.1 Å². The molecule has 1 unspecified atom stereocenters. The highest BCUT2D eigenvalue weighted by Crippen LogP contribution is 2.25. The first kappa shape index (κ1) is 13.6. The van der Waals surface area contributed by atoms with Crippen molar-refractivity contribution in [1.82, 2.24) is 5.32 Å². The Bertz CT molecular complexity index is 286. The van der Waals surface area contributed by atoms with Crippen LogP contribution >= 0.6 is 39.0 Å². The number of rotatable bonds is 6. The largest absolute Gasteiger partial charge is 0.316 e. The number of thioether (sulfide) groups is 1. The molecular weight excluding hydrogens is 290 g/mol. The average molecular weight is 308 g/mol. The van der Waals surface area contributed by atoms with Crippen LogP contribution in [0.4, 0.5) is 0 Å². The molecule has 1 atom stereocenters. The van der Waals surface area contributed by atoms with E-state index in [1.807, 2.05) is 30.1 Å². The minimum absolute atomic E-state index is 0.576. The van der Waals surface area contributed by atoms with Crippen molar-refractivity contribution < 1.29 is 0 Å². The first-order valence-electron chi connectivity index (χ1n) is 5.14. The molecule has 0 saturated carbocycles. The van der Waals surface area contributed by atoms with Gasteiger partial charge in [0.05, 0.1) is 0 Å². The summed E-state index contributed by atoms with van der Waals surface area (Å²) in [5.74, 6) is 1.18. The normalized spacial score (nSPS) is 13.4. The Morgan fingerprint density at radius 1 is 1.53 bits per heavy atom. The summed E-state index contributed by atoms with van der Waals surface area (Å²) >= 11 is 7.43. The minimum Gasteiger partial charge on any atom is -0.316 e. The Morgan fingerprint density at radius 2 is 2.27 bits per heavy atom. The highest BCUT2D eigenvalue weighted by atomic mass is 79.9. The van der Waals surface area contributed by atoms with Crippen LogP contribution in [0.3, 0.4) is 0 Å². The van der Waals surface area contributed by atoms with Gasteiger partial charge in [-0.15, -0.1) is 11.3 Å². The maximum Gasteiger partial charge on any atom is 0.0314 e. The first-order chi connectivity index (χ1) is 7.13. The van der Waals surface area contributed by atoms with Gasteiger partial charge in [-0.1, -0.05) is 13.8 Å². The van der Waals surface area contributed by atoms with Crippen LogP contribution in [0.2, 0.25) is 0 Å². The van der Waals surface area contributed by atoms with Crippen LogP contribution in [0.25, 0.3) is 0 Å². The van der Waals surface area contributed by atoms with Crippen LogP contribution in [0.5, 0.6) is 0 Å². The van der Waals surface area contributed by atoms with Gasteiger partial charge in [-0.05, 0) is 46.1 Å². The lowest BCUT2D eigenvalue weighted by molar-refractivity contribution is 0.620. The van der Waals surface area contributed by atoms with E-state index in [1.54, 1.807) is 0 Å². The molecule has 0 spiro atoms. The molecule has 0 bridgehead atoms. The van der Waals surface area contributed by atoms with Gasteiger partial charge in [0.2, 0.25) is 0 Å². The van der Waals surface area contributed by atoms with Crippen molar-refractivity contribution in [3.63, 3.8) is 0 Å². The van der Waals surface area contributed by atoms with Crippen molar-refractivity contribution in [3.05, 3.63) is 20.8 Å². The zero-order valence-electron chi connectivity index (χ0n) is 9.42. The smallest absolute Gasteiger partial charge is 0.0314 e. The highest BCUT2D eigenvalue weighted by Gasteiger charge is 2.11.